The summed E-state index contributed by atoms with van der Waals surface area (Å²) >= 11 is 6.05. The van der Waals surface area contributed by atoms with Crippen LogP contribution in [0.5, 0.6) is 0 Å². The molecule has 0 aliphatic carbocycles. The summed E-state index contributed by atoms with van der Waals surface area (Å²) in [5, 5.41) is 0. The highest BCUT2D eigenvalue weighted by atomic mass is 35.5. The second kappa shape index (κ2) is 17.3. The Morgan fingerprint density at radius 1 is 0.488 bits per heavy atom. The number of rotatable bonds is 16. The van der Waals surface area contributed by atoms with Crippen molar-refractivity contribution in [2.75, 3.05) is 19.1 Å². The molecule has 7 heteroatoms. The van der Waals surface area contributed by atoms with Crippen molar-refractivity contribution in [3.63, 3.8) is 0 Å². The van der Waals surface area contributed by atoms with Gasteiger partial charge in [0.1, 0.15) is 24.4 Å². The molecule has 4 aromatic carbocycles. The minimum atomic E-state index is -0.731. The van der Waals surface area contributed by atoms with Gasteiger partial charge >= 0.3 is 0 Å². The van der Waals surface area contributed by atoms with E-state index < -0.39 is 30.7 Å². The number of halogens is 1. The molecule has 4 aromatic rings. The van der Waals surface area contributed by atoms with Crippen LogP contribution in [-0.4, -0.2) is 49.8 Å². The maximum absolute atomic E-state index is 6.68. The van der Waals surface area contributed by atoms with Crippen molar-refractivity contribution in [3.8, 4) is 0 Å². The van der Waals surface area contributed by atoms with Gasteiger partial charge in [0.25, 0.3) is 0 Å². The van der Waals surface area contributed by atoms with Crippen LogP contribution in [0.4, 0.5) is 0 Å². The van der Waals surface area contributed by atoms with Gasteiger partial charge in [-0.2, -0.15) is 0 Å². The van der Waals surface area contributed by atoms with E-state index in [1.54, 1.807) is 0 Å². The molecule has 6 nitrogen and oxygen atoms in total. The van der Waals surface area contributed by atoms with Crippen LogP contribution >= 0.6 is 11.6 Å². The highest BCUT2D eigenvalue weighted by Crippen LogP contribution is 2.31. The Morgan fingerprint density at radius 2 is 0.907 bits per heavy atom. The van der Waals surface area contributed by atoms with Crippen LogP contribution in [-0.2, 0) is 54.8 Å². The fourth-order valence-electron chi connectivity index (χ4n) is 5.04. The molecular weight excluding hydrogens is 564 g/mol. The van der Waals surface area contributed by atoms with Gasteiger partial charge in [-0.1, -0.05) is 121 Å². The Balaban J connectivity index is 1.41. The molecule has 1 saturated heterocycles. The standard InChI is InChI=1S/C36H39ClO6/c37-21-22-39-36-35(42-26-31-19-11-4-12-20-31)34(41-25-30-17-9-3-10-18-30)33(40-24-29-15-7-2-8-16-29)32(43-36)27-38-23-28-13-5-1-6-14-28/h1-20,32-36H,21-27H2/t32?,33-,34?,35?,36-/m1/s1. The average Bonchev–Trinajstić information content (AvgIpc) is 3.07. The van der Waals surface area contributed by atoms with Crippen molar-refractivity contribution < 1.29 is 28.4 Å². The maximum Gasteiger partial charge on any atom is 0.186 e. The van der Waals surface area contributed by atoms with Crippen LogP contribution < -0.4 is 0 Å². The molecule has 226 valence electrons. The van der Waals surface area contributed by atoms with Crippen molar-refractivity contribution >= 4 is 11.6 Å². The fourth-order valence-corrected chi connectivity index (χ4v) is 5.13. The summed E-state index contributed by atoms with van der Waals surface area (Å²) < 4.78 is 38.8. The number of hydrogen-bond acceptors (Lipinski definition) is 6. The number of hydrogen-bond donors (Lipinski definition) is 0. The molecule has 1 aliphatic rings. The van der Waals surface area contributed by atoms with Crippen LogP contribution in [0.3, 0.4) is 0 Å². The highest BCUT2D eigenvalue weighted by molar-refractivity contribution is 6.17. The molecule has 0 bridgehead atoms. The molecule has 1 fully saturated rings. The van der Waals surface area contributed by atoms with Crippen LogP contribution in [0.25, 0.3) is 0 Å². The molecule has 1 aliphatic heterocycles. The SMILES string of the molecule is ClCCO[C@@H]1OC(COCc2ccccc2)[C@@H](OCc2ccccc2)C(OCc2ccccc2)C1OCc1ccccc1. The monoisotopic (exact) mass is 602 g/mol. The first-order chi connectivity index (χ1) is 21.3. The molecular formula is C36H39ClO6. The summed E-state index contributed by atoms with van der Waals surface area (Å²) in [4.78, 5) is 0. The molecule has 0 N–H and O–H groups in total. The average molecular weight is 603 g/mol. The van der Waals surface area contributed by atoms with Crippen LogP contribution in [0.1, 0.15) is 22.3 Å². The lowest BCUT2D eigenvalue weighted by atomic mass is 9.97. The summed E-state index contributed by atoms with van der Waals surface area (Å²) in [6.07, 6.45) is -2.82. The predicted octanol–water partition coefficient (Wildman–Crippen LogP) is 6.94. The number of benzene rings is 4. The van der Waals surface area contributed by atoms with Gasteiger partial charge in [0.05, 0.1) is 39.6 Å². The third-order valence-electron chi connectivity index (χ3n) is 7.20. The summed E-state index contributed by atoms with van der Waals surface area (Å²) in [6, 6.07) is 40.3. The Bertz CT molecular complexity index is 1290. The second-order valence-corrected chi connectivity index (χ2v) is 10.8. The third-order valence-corrected chi connectivity index (χ3v) is 7.35. The first-order valence-corrected chi connectivity index (χ1v) is 15.2. The molecule has 0 radical (unpaired) electrons. The van der Waals surface area contributed by atoms with Crippen LogP contribution in [0.15, 0.2) is 121 Å². The zero-order chi connectivity index (χ0) is 29.5. The molecule has 0 aromatic heterocycles. The van der Waals surface area contributed by atoms with E-state index in [-0.39, 0.29) is 6.61 Å². The molecule has 0 spiro atoms. The highest BCUT2D eigenvalue weighted by Gasteiger charge is 2.49. The van der Waals surface area contributed by atoms with Crippen molar-refractivity contribution in [3.05, 3.63) is 144 Å². The lowest BCUT2D eigenvalue weighted by Crippen LogP contribution is -2.61. The van der Waals surface area contributed by atoms with Crippen LogP contribution in [0, 0.1) is 0 Å². The van der Waals surface area contributed by atoms with Gasteiger partial charge in [-0.25, -0.2) is 0 Å². The fraction of sp³-hybridized carbons (Fsp3) is 0.333. The Kier molecular flexibility index (Phi) is 12.6. The van der Waals surface area contributed by atoms with E-state index in [1.807, 2.05) is 121 Å². The Hall–Kier alpha value is -3.07. The Morgan fingerprint density at radius 3 is 1.37 bits per heavy atom. The van der Waals surface area contributed by atoms with E-state index in [9.17, 15) is 0 Å². The zero-order valence-corrected chi connectivity index (χ0v) is 25.0. The quantitative estimate of drug-likeness (QED) is 0.130. The first kappa shape index (κ1) is 31.4. The number of ether oxygens (including phenoxy) is 6. The maximum atomic E-state index is 6.68. The van der Waals surface area contributed by atoms with E-state index in [0.717, 1.165) is 22.3 Å². The topological polar surface area (TPSA) is 55.4 Å². The summed E-state index contributed by atoms with van der Waals surface area (Å²) in [7, 11) is 0. The van der Waals surface area contributed by atoms with Crippen molar-refractivity contribution in [2.24, 2.45) is 0 Å². The lowest BCUT2D eigenvalue weighted by Gasteiger charge is -2.45. The van der Waals surface area contributed by atoms with E-state index >= 15 is 0 Å². The zero-order valence-electron chi connectivity index (χ0n) is 24.2. The van der Waals surface area contributed by atoms with Gasteiger partial charge < -0.3 is 28.4 Å². The van der Waals surface area contributed by atoms with Crippen molar-refractivity contribution in [1.82, 2.24) is 0 Å². The first-order valence-electron chi connectivity index (χ1n) is 14.7. The van der Waals surface area contributed by atoms with Gasteiger partial charge in [-0.05, 0) is 22.3 Å². The summed E-state index contributed by atoms with van der Waals surface area (Å²) in [5.74, 6) is 0.323. The smallest absolute Gasteiger partial charge is 0.186 e. The van der Waals surface area contributed by atoms with Gasteiger partial charge in [-0.15, -0.1) is 11.6 Å². The molecule has 1 heterocycles. The van der Waals surface area contributed by atoms with Gasteiger partial charge in [-0.3, -0.25) is 0 Å². The van der Waals surface area contributed by atoms with Gasteiger partial charge in [0.15, 0.2) is 6.29 Å². The summed E-state index contributed by atoms with van der Waals surface area (Å²) in [6.45, 7) is 2.15. The van der Waals surface area contributed by atoms with Gasteiger partial charge in [0.2, 0.25) is 0 Å². The Labute approximate surface area is 259 Å². The number of alkyl halides is 1. The largest absolute Gasteiger partial charge is 0.374 e. The minimum absolute atomic E-state index is 0.283. The van der Waals surface area contributed by atoms with Gasteiger partial charge in [0, 0.05) is 5.88 Å². The predicted molar refractivity (Wildman–Crippen MR) is 166 cm³/mol. The normalized spacial score (nSPS) is 21.9. The van der Waals surface area contributed by atoms with E-state index in [4.69, 9.17) is 40.0 Å². The molecule has 0 saturated carbocycles. The third kappa shape index (κ3) is 9.71. The van der Waals surface area contributed by atoms with Crippen molar-refractivity contribution in [2.45, 2.75) is 57.1 Å². The second-order valence-electron chi connectivity index (χ2n) is 10.4. The minimum Gasteiger partial charge on any atom is -0.374 e. The van der Waals surface area contributed by atoms with E-state index in [0.29, 0.717) is 38.9 Å². The lowest BCUT2D eigenvalue weighted by molar-refractivity contribution is -0.327. The van der Waals surface area contributed by atoms with E-state index in [1.165, 1.54) is 0 Å². The molecule has 5 rings (SSSR count). The molecule has 5 atom stereocenters. The molecule has 0 amide bonds. The molecule has 43 heavy (non-hydrogen) atoms. The molecule has 3 unspecified atom stereocenters. The van der Waals surface area contributed by atoms with Crippen LogP contribution in [0.2, 0.25) is 0 Å². The van der Waals surface area contributed by atoms with E-state index in [2.05, 4.69) is 0 Å². The summed E-state index contributed by atoms with van der Waals surface area (Å²) in [5.41, 5.74) is 4.22. The van der Waals surface area contributed by atoms with Crippen molar-refractivity contribution in [1.29, 1.82) is 0 Å².